The lowest BCUT2D eigenvalue weighted by atomic mass is 9.99. The maximum absolute atomic E-state index is 12.8. The van der Waals surface area contributed by atoms with Crippen molar-refractivity contribution in [3.05, 3.63) is 64.2 Å². The molecule has 6 heteroatoms. The molecule has 0 radical (unpaired) electrons. The van der Waals surface area contributed by atoms with Crippen molar-refractivity contribution in [2.45, 2.75) is 26.3 Å². The predicted octanol–water partition coefficient (Wildman–Crippen LogP) is 2.67. The van der Waals surface area contributed by atoms with Gasteiger partial charge in [0.1, 0.15) is 0 Å². The summed E-state index contributed by atoms with van der Waals surface area (Å²) in [7, 11) is -3.19. The average Bonchev–Trinajstić information content (AvgIpc) is 2.97. The van der Waals surface area contributed by atoms with Crippen molar-refractivity contribution in [1.29, 1.82) is 0 Å². The molecule has 26 heavy (non-hydrogen) atoms. The van der Waals surface area contributed by atoms with Gasteiger partial charge in [-0.15, -0.1) is 0 Å². The van der Waals surface area contributed by atoms with Gasteiger partial charge in [0.05, 0.1) is 28.7 Å². The van der Waals surface area contributed by atoms with Gasteiger partial charge in [-0.05, 0) is 49.2 Å². The third-order valence-corrected chi connectivity index (χ3v) is 6.55. The van der Waals surface area contributed by atoms with Crippen molar-refractivity contribution in [1.82, 2.24) is 9.88 Å². The van der Waals surface area contributed by atoms with E-state index in [-0.39, 0.29) is 17.7 Å². The van der Waals surface area contributed by atoms with E-state index in [1.807, 2.05) is 18.2 Å². The number of nitrogens with zero attached hydrogens (tertiary/aromatic N) is 2. The maximum atomic E-state index is 12.8. The number of carbonyl (C=O) groups excluding carboxylic acids is 1. The van der Waals surface area contributed by atoms with Crippen molar-refractivity contribution in [3.8, 4) is 11.3 Å². The van der Waals surface area contributed by atoms with Crippen LogP contribution in [0.3, 0.4) is 0 Å². The number of hydrogen-bond acceptors (Lipinski definition) is 4. The number of rotatable bonds is 2. The molecular weight excluding hydrogens is 348 g/mol. The van der Waals surface area contributed by atoms with Gasteiger partial charge < -0.3 is 4.90 Å². The number of aromatic nitrogens is 1. The first-order chi connectivity index (χ1) is 12.3. The Morgan fingerprint density at radius 2 is 1.92 bits per heavy atom. The first-order valence-electron chi connectivity index (χ1n) is 8.63. The number of sulfone groups is 1. The smallest absolute Gasteiger partial charge is 0.256 e. The lowest BCUT2D eigenvalue weighted by molar-refractivity contribution is 0.0709. The Labute approximate surface area is 153 Å². The average molecular weight is 368 g/mol. The van der Waals surface area contributed by atoms with Gasteiger partial charge in [-0.25, -0.2) is 8.42 Å². The summed E-state index contributed by atoms with van der Waals surface area (Å²) >= 11 is 0. The molecule has 1 amide bonds. The lowest BCUT2D eigenvalue weighted by Crippen LogP contribution is -2.45. The topological polar surface area (TPSA) is 67.3 Å². The second-order valence-electron chi connectivity index (χ2n) is 6.96. The van der Waals surface area contributed by atoms with E-state index in [9.17, 15) is 13.2 Å². The molecule has 1 aromatic heterocycles. The molecule has 0 N–H and O–H groups in total. The minimum atomic E-state index is -3.19. The molecule has 0 saturated heterocycles. The van der Waals surface area contributed by atoms with Crippen LogP contribution >= 0.6 is 0 Å². The fourth-order valence-electron chi connectivity index (χ4n) is 3.50. The van der Waals surface area contributed by atoms with E-state index in [1.165, 1.54) is 16.5 Å². The molecule has 3 heterocycles. The van der Waals surface area contributed by atoms with Crippen LogP contribution in [0.15, 0.2) is 41.8 Å². The molecule has 2 aliphatic rings. The van der Waals surface area contributed by atoms with Crippen LogP contribution in [0.25, 0.3) is 11.3 Å². The van der Waals surface area contributed by atoms with Crippen LogP contribution in [0.5, 0.6) is 0 Å². The van der Waals surface area contributed by atoms with Crippen molar-refractivity contribution in [2.24, 2.45) is 0 Å². The quantitative estimate of drug-likeness (QED) is 0.817. The number of benzene rings is 1. The summed E-state index contributed by atoms with van der Waals surface area (Å²) in [5.41, 5.74) is 5.69. The highest BCUT2D eigenvalue weighted by Crippen LogP contribution is 2.27. The maximum Gasteiger partial charge on any atom is 0.256 e. The Morgan fingerprint density at radius 1 is 1.12 bits per heavy atom. The molecule has 1 unspecified atom stereocenters. The monoisotopic (exact) mass is 368 g/mol. The highest BCUT2D eigenvalue weighted by atomic mass is 32.2. The zero-order valence-corrected chi connectivity index (χ0v) is 15.6. The molecule has 4 rings (SSSR count). The van der Waals surface area contributed by atoms with Gasteiger partial charge in [0.15, 0.2) is 9.84 Å². The molecule has 0 aliphatic carbocycles. The van der Waals surface area contributed by atoms with Crippen molar-refractivity contribution in [2.75, 3.05) is 12.3 Å². The van der Waals surface area contributed by atoms with Crippen LogP contribution in [0.2, 0.25) is 0 Å². The third-order valence-electron chi connectivity index (χ3n) is 5.17. The number of aryl methyl sites for hydroxylation is 2. The van der Waals surface area contributed by atoms with Gasteiger partial charge >= 0.3 is 0 Å². The van der Waals surface area contributed by atoms with Crippen molar-refractivity contribution in [3.63, 3.8) is 0 Å². The molecule has 2 aliphatic heterocycles. The molecule has 0 fully saturated rings. The van der Waals surface area contributed by atoms with Crippen LogP contribution in [0, 0.1) is 13.8 Å². The predicted molar refractivity (Wildman–Crippen MR) is 101 cm³/mol. The summed E-state index contributed by atoms with van der Waals surface area (Å²) in [5, 5.41) is 1.21. The van der Waals surface area contributed by atoms with Gasteiger partial charge in [-0.3, -0.25) is 9.78 Å². The fraction of sp³-hybridized carbons (Fsp3) is 0.300. The van der Waals surface area contributed by atoms with Crippen LogP contribution in [-0.4, -0.2) is 42.5 Å². The van der Waals surface area contributed by atoms with Gasteiger partial charge in [-0.1, -0.05) is 12.1 Å². The van der Waals surface area contributed by atoms with Crippen LogP contribution in [-0.2, 0) is 16.3 Å². The SMILES string of the molecule is Cc1ccc(-c2ccc3c(n2)CCN(C2C=CS(=O)(=O)C2)C3=O)cc1C. The Balaban J connectivity index is 1.64. The summed E-state index contributed by atoms with van der Waals surface area (Å²) in [6.45, 7) is 4.63. The molecular formula is C20H20N2O3S. The van der Waals surface area contributed by atoms with E-state index >= 15 is 0 Å². The van der Waals surface area contributed by atoms with Gasteiger partial charge in [-0.2, -0.15) is 0 Å². The molecule has 0 bridgehead atoms. The fourth-order valence-corrected chi connectivity index (χ4v) is 4.80. The second-order valence-corrected chi connectivity index (χ2v) is 8.89. The molecule has 0 spiro atoms. The number of fused-ring (bicyclic) bond motifs is 1. The number of carbonyl (C=O) groups is 1. The zero-order chi connectivity index (χ0) is 18.5. The summed E-state index contributed by atoms with van der Waals surface area (Å²) < 4.78 is 23.3. The second kappa shape index (κ2) is 6.06. The van der Waals surface area contributed by atoms with E-state index in [1.54, 1.807) is 11.0 Å². The Bertz CT molecular complexity index is 1040. The van der Waals surface area contributed by atoms with Gasteiger partial charge in [0, 0.05) is 23.9 Å². The van der Waals surface area contributed by atoms with E-state index in [4.69, 9.17) is 4.98 Å². The van der Waals surface area contributed by atoms with E-state index in [0.29, 0.717) is 18.5 Å². The standard InChI is InChI=1S/C20H20N2O3S/c1-13-3-4-15(11-14(13)2)18-6-5-17-19(21-18)7-9-22(20(17)23)16-8-10-26(24,25)12-16/h3-6,8,10-11,16H,7,9,12H2,1-2H3. The first kappa shape index (κ1) is 17.0. The molecule has 2 aromatic rings. The van der Waals surface area contributed by atoms with E-state index in [0.717, 1.165) is 17.0 Å². The largest absolute Gasteiger partial charge is 0.331 e. The molecule has 134 valence electrons. The van der Waals surface area contributed by atoms with E-state index < -0.39 is 9.84 Å². The highest BCUT2D eigenvalue weighted by molar-refractivity contribution is 7.94. The lowest BCUT2D eigenvalue weighted by Gasteiger charge is -2.32. The molecule has 1 atom stereocenters. The minimum Gasteiger partial charge on any atom is -0.331 e. The summed E-state index contributed by atoms with van der Waals surface area (Å²) in [6.07, 6.45) is 2.24. The third kappa shape index (κ3) is 2.94. The van der Waals surface area contributed by atoms with Crippen LogP contribution in [0.1, 0.15) is 27.2 Å². The molecule has 0 saturated carbocycles. The normalized spacial score (nSPS) is 21.1. The Hall–Kier alpha value is -2.47. The van der Waals surface area contributed by atoms with Crippen molar-refractivity contribution >= 4 is 15.7 Å². The van der Waals surface area contributed by atoms with Crippen molar-refractivity contribution < 1.29 is 13.2 Å². The minimum absolute atomic E-state index is 0.0256. The highest BCUT2D eigenvalue weighted by Gasteiger charge is 2.34. The first-order valence-corrected chi connectivity index (χ1v) is 10.3. The Morgan fingerprint density at radius 3 is 2.62 bits per heavy atom. The molecule has 5 nitrogen and oxygen atoms in total. The summed E-state index contributed by atoms with van der Waals surface area (Å²) in [5.74, 6) is -0.167. The van der Waals surface area contributed by atoms with Gasteiger partial charge in [0.2, 0.25) is 0 Å². The summed E-state index contributed by atoms with van der Waals surface area (Å²) in [6, 6.07) is 9.53. The van der Waals surface area contributed by atoms with Crippen LogP contribution in [0.4, 0.5) is 0 Å². The molecule has 1 aromatic carbocycles. The van der Waals surface area contributed by atoms with E-state index in [2.05, 4.69) is 26.0 Å². The zero-order valence-electron chi connectivity index (χ0n) is 14.8. The number of pyridine rings is 1. The van der Waals surface area contributed by atoms with Gasteiger partial charge in [0.25, 0.3) is 5.91 Å². The number of amides is 1. The number of hydrogen-bond donors (Lipinski definition) is 0. The summed E-state index contributed by atoms with van der Waals surface area (Å²) in [4.78, 5) is 19.2. The Kier molecular flexibility index (Phi) is 3.95. The van der Waals surface area contributed by atoms with Crippen LogP contribution < -0.4 is 0 Å².